The molecule has 0 spiro atoms. The number of piperidine rings is 1. The summed E-state index contributed by atoms with van der Waals surface area (Å²) >= 11 is 3.38. The van der Waals surface area contributed by atoms with Crippen molar-refractivity contribution in [2.24, 2.45) is 5.92 Å². The van der Waals surface area contributed by atoms with Crippen molar-refractivity contribution in [1.82, 2.24) is 0 Å². The molecule has 0 radical (unpaired) electrons. The van der Waals surface area contributed by atoms with Gasteiger partial charge in [-0.2, -0.15) is 0 Å². The minimum absolute atomic E-state index is 0.513. The number of rotatable bonds is 2. The Morgan fingerprint density at radius 3 is 2.76 bits per heavy atom. The Bertz CT molecular complexity index is 400. The summed E-state index contributed by atoms with van der Waals surface area (Å²) in [6.45, 7) is 4.43. The topological polar surface area (TPSA) is 43.7 Å². The largest absolute Gasteiger partial charge is 0.489 e. The number of benzene rings is 1. The van der Waals surface area contributed by atoms with Crippen LogP contribution in [0.15, 0.2) is 22.7 Å². The summed E-state index contributed by atoms with van der Waals surface area (Å²) in [4.78, 5) is 2.35. The van der Waals surface area contributed by atoms with Crippen LogP contribution < -0.4 is 10.4 Å². The van der Waals surface area contributed by atoms with Crippen LogP contribution in [0.2, 0.25) is 0 Å². The van der Waals surface area contributed by atoms with E-state index < -0.39 is 7.12 Å². The quantitative estimate of drug-likeness (QED) is 0.810. The van der Waals surface area contributed by atoms with Crippen LogP contribution in [0.25, 0.3) is 0 Å². The van der Waals surface area contributed by atoms with Crippen molar-refractivity contribution in [2.75, 3.05) is 18.0 Å². The van der Waals surface area contributed by atoms with Gasteiger partial charge in [-0.3, -0.25) is 0 Å². The molecule has 1 aromatic carbocycles. The van der Waals surface area contributed by atoms with Crippen LogP contribution in [0.3, 0.4) is 0 Å². The fourth-order valence-corrected chi connectivity index (χ4v) is 2.92. The van der Waals surface area contributed by atoms with Gasteiger partial charge in [-0.25, -0.2) is 0 Å². The predicted molar refractivity (Wildman–Crippen MR) is 74.6 cm³/mol. The van der Waals surface area contributed by atoms with Gasteiger partial charge >= 0.3 is 7.12 Å². The maximum absolute atomic E-state index is 9.16. The lowest BCUT2D eigenvalue weighted by molar-refractivity contribution is 0.425. The van der Waals surface area contributed by atoms with Crippen LogP contribution in [0, 0.1) is 5.92 Å². The Hall–Kier alpha value is -0.515. The van der Waals surface area contributed by atoms with E-state index in [0.29, 0.717) is 5.46 Å². The Balaban J connectivity index is 2.19. The van der Waals surface area contributed by atoms with E-state index in [-0.39, 0.29) is 0 Å². The van der Waals surface area contributed by atoms with Gasteiger partial charge in [0.15, 0.2) is 0 Å². The highest BCUT2D eigenvalue weighted by molar-refractivity contribution is 9.10. The van der Waals surface area contributed by atoms with E-state index in [0.717, 1.165) is 29.2 Å². The zero-order valence-electron chi connectivity index (χ0n) is 9.93. The van der Waals surface area contributed by atoms with Crippen molar-refractivity contribution in [3.63, 3.8) is 0 Å². The fraction of sp³-hybridized carbons (Fsp3) is 0.500. The Morgan fingerprint density at radius 1 is 1.41 bits per heavy atom. The maximum Gasteiger partial charge on any atom is 0.489 e. The molecular weight excluding hydrogens is 281 g/mol. The first-order valence-electron chi connectivity index (χ1n) is 5.98. The predicted octanol–water partition coefficient (Wildman–Crippen LogP) is 1.37. The highest BCUT2D eigenvalue weighted by Crippen LogP contribution is 2.24. The lowest BCUT2D eigenvalue weighted by atomic mass is 9.80. The third-order valence-corrected chi connectivity index (χ3v) is 3.97. The summed E-state index contributed by atoms with van der Waals surface area (Å²) < 4.78 is 0.753. The van der Waals surface area contributed by atoms with Gasteiger partial charge < -0.3 is 14.9 Å². The van der Waals surface area contributed by atoms with Crippen LogP contribution >= 0.6 is 15.9 Å². The molecule has 0 bridgehead atoms. The highest BCUT2D eigenvalue weighted by Gasteiger charge is 2.19. The van der Waals surface area contributed by atoms with Crippen LogP contribution in [0.4, 0.5) is 5.69 Å². The first-order valence-corrected chi connectivity index (χ1v) is 6.77. The average Bonchev–Trinajstić information content (AvgIpc) is 2.28. The Kier molecular flexibility index (Phi) is 4.12. The molecule has 1 unspecified atom stereocenters. The molecule has 1 atom stereocenters. The maximum atomic E-state index is 9.16. The molecule has 17 heavy (non-hydrogen) atoms. The number of hydrogen-bond donors (Lipinski definition) is 2. The van der Waals surface area contributed by atoms with Gasteiger partial charge in [-0.1, -0.05) is 28.9 Å². The third-order valence-electron chi connectivity index (χ3n) is 3.28. The molecule has 0 amide bonds. The summed E-state index contributed by atoms with van der Waals surface area (Å²) in [5.41, 5.74) is 1.66. The van der Waals surface area contributed by atoms with Crippen LogP contribution in [-0.4, -0.2) is 30.3 Å². The molecule has 1 saturated heterocycles. The van der Waals surface area contributed by atoms with E-state index >= 15 is 0 Å². The highest BCUT2D eigenvalue weighted by atomic mass is 79.9. The van der Waals surface area contributed by atoms with Gasteiger partial charge in [0, 0.05) is 23.2 Å². The van der Waals surface area contributed by atoms with Crippen LogP contribution in [0.5, 0.6) is 0 Å². The van der Waals surface area contributed by atoms with Crippen molar-refractivity contribution in [1.29, 1.82) is 0 Å². The minimum atomic E-state index is -1.42. The van der Waals surface area contributed by atoms with Gasteiger partial charge in [-0.15, -0.1) is 0 Å². The van der Waals surface area contributed by atoms with Crippen LogP contribution in [-0.2, 0) is 0 Å². The van der Waals surface area contributed by atoms with E-state index in [2.05, 4.69) is 27.8 Å². The molecule has 2 rings (SSSR count). The van der Waals surface area contributed by atoms with Gasteiger partial charge in [-0.05, 0) is 36.4 Å². The molecular formula is C12H17BBrNO2. The zero-order valence-corrected chi connectivity index (χ0v) is 11.5. The van der Waals surface area contributed by atoms with E-state index in [1.54, 1.807) is 6.07 Å². The molecule has 1 heterocycles. The molecule has 1 aliphatic rings. The van der Waals surface area contributed by atoms with Gasteiger partial charge in [0.25, 0.3) is 0 Å². The first kappa shape index (κ1) is 12.9. The summed E-state index contributed by atoms with van der Waals surface area (Å²) in [7, 11) is -1.42. The van der Waals surface area contributed by atoms with Crippen LogP contribution in [0.1, 0.15) is 19.8 Å². The van der Waals surface area contributed by atoms with E-state index in [1.807, 2.05) is 12.1 Å². The molecule has 1 fully saturated rings. The molecule has 1 aromatic rings. The lowest BCUT2D eigenvalue weighted by Gasteiger charge is -2.33. The number of nitrogens with zero attached hydrogens (tertiary/aromatic N) is 1. The SMILES string of the molecule is CC1CCCN(c2ccc(B(O)O)c(Br)c2)C1. The molecule has 5 heteroatoms. The van der Waals surface area contributed by atoms with Gasteiger partial charge in [0.1, 0.15) is 0 Å². The van der Waals surface area contributed by atoms with Crippen molar-refractivity contribution in [3.8, 4) is 0 Å². The minimum Gasteiger partial charge on any atom is -0.423 e. The zero-order chi connectivity index (χ0) is 12.4. The lowest BCUT2D eigenvalue weighted by Crippen LogP contribution is -2.35. The summed E-state index contributed by atoms with van der Waals surface area (Å²) in [5.74, 6) is 0.727. The molecule has 92 valence electrons. The Morgan fingerprint density at radius 2 is 2.18 bits per heavy atom. The van der Waals surface area contributed by atoms with E-state index in [4.69, 9.17) is 10.0 Å². The number of hydrogen-bond acceptors (Lipinski definition) is 3. The molecule has 2 N–H and O–H groups in total. The molecule has 3 nitrogen and oxygen atoms in total. The monoisotopic (exact) mass is 297 g/mol. The van der Waals surface area contributed by atoms with Crippen molar-refractivity contribution in [2.45, 2.75) is 19.8 Å². The molecule has 0 aromatic heterocycles. The summed E-state index contributed by atoms with van der Waals surface area (Å²) in [6, 6.07) is 5.69. The van der Waals surface area contributed by atoms with Gasteiger partial charge in [0.05, 0.1) is 0 Å². The second-order valence-electron chi connectivity index (χ2n) is 4.77. The second-order valence-corrected chi connectivity index (χ2v) is 5.63. The molecule has 0 aliphatic carbocycles. The normalized spacial score (nSPS) is 20.5. The molecule has 0 saturated carbocycles. The molecule has 1 aliphatic heterocycles. The smallest absolute Gasteiger partial charge is 0.423 e. The Labute approximate surface area is 111 Å². The van der Waals surface area contributed by atoms with Crippen molar-refractivity contribution < 1.29 is 10.0 Å². The van der Waals surface area contributed by atoms with Crippen molar-refractivity contribution in [3.05, 3.63) is 22.7 Å². The average molecular weight is 298 g/mol. The summed E-state index contributed by atoms with van der Waals surface area (Å²) in [5, 5.41) is 18.3. The fourth-order valence-electron chi connectivity index (χ4n) is 2.35. The van der Waals surface area contributed by atoms with Gasteiger partial charge in [0.2, 0.25) is 0 Å². The van der Waals surface area contributed by atoms with E-state index in [1.165, 1.54) is 12.8 Å². The number of halogens is 1. The summed E-state index contributed by atoms with van der Waals surface area (Å²) in [6.07, 6.45) is 2.52. The first-order chi connectivity index (χ1) is 8.08. The number of anilines is 1. The second kappa shape index (κ2) is 5.42. The standard InChI is InChI=1S/C12H17BBrNO2/c1-9-3-2-6-15(8-9)10-4-5-11(13(16)17)12(14)7-10/h4-5,7,9,16-17H,2-3,6,8H2,1H3. The van der Waals surface area contributed by atoms with E-state index in [9.17, 15) is 0 Å². The third kappa shape index (κ3) is 3.03. The van der Waals surface area contributed by atoms with Crippen molar-refractivity contribution >= 4 is 34.2 Å².